The van der Waals surface area contributed by atoms with E-state index in [2.05, 4.69) is 16.0 Å². The highest BCUT2D eigenvalue weighted by atomic mass is 35.5. The zero-order valence-electron chi connectivity index (χ0n) is 14.9. The van der Waals surface area contributed by atoms with Crippen molar-refractivity contribution >= 4 is 24.2 Å². The average molecular weight is 401 g/mol. The first kappa shape index (κ1) is 23.0. The van der Waals surface area contributed by atoms with E-state index in [1.807, 2.05) is 0 Å². The molecule has 2 amide bonds. The van der Waals surface area contributed by atoms with Crippen LogP contribution in [-0.2, 0) is 9.59 Å². The van der Waals surface area contributed by atoms with Gasteiger partial charge in [0.05, 0.1) is 0 Å². The molecule has 2 aliphatic rings. The molecule has 10 heteroatoms. The molecule has 1 heterocycles. The van der Waals surface area contributed by atoms with Crippen molar-refractivity contribution in [2.75, 3.05) is 32.7 Å². The minimum Gasteiger partial charge on any atom is -0.352 e. The summed E-state index contributed by atoms with van der Waals surface area (Å²) in [6.07, 6.45) is -0.813. The van der Waals surface area contributed by atoms with Crippen LogP contribution in [0.5, 0.6) is 0 Å². The van der Waals surface area contributed by atoms with Gasteiger partial charge in [-0.05, 0) is 19.8 Å². The van der Waals surface area contributed by atoms with Crippen LogP contribution >= 0.6 is 12.4 Å². The van der Waals surface area contributed by atoms with Gasteiger partial charge < -0.3 is 16.0 Å². The van der Waals surface area contributed by atoms with Crippen molar-refractivity contribution in [3.8, 4) is 0 Å². The summed E-state index contributed by atoms with van der Waals surface area (Å²) in [4.78, 5) is 25.4. The Balaban J connectivity index is 0.00000338. The second-order valence-corrected chi connectivity index (χ2v) is 6.80. The summed E-state index contributed by atoms with van der Waals surface area (Å²) in [5.74, 6) is -0.857. The van der Waals surface area contributed by atoms with E-state index in [0.29, 0.717) is 13.1 Å². The molecule has 0 spiro atoms. The highest BCUT2D eigenvalue weighted by Crippen LogP contribution is 2.25. The molecule has 3 N–H and O–H groups in total. The number of carbonyl (C=O) groups excluding carboxylic acids is 2. The smallest absolute Gasteiger partial charge is 0.352 e. The van der Waals surface area contributed by atoms with Gasteiger partial charge in [-0.2, -0.15) is 13.2 Å². The number of nitrogens with one attached hydrogen (secondary N) is 3. The number of nitrogens with zero attached hydrogens (tertiary/aromatic N) is 1. The first-order valence-corrected chi connectivity index (χ1v) is 8.88. The van der Waals surface area contributed by atoms with E-state index in [4.69, 9.17) is 0 Å². The Kier molecular flexibility index (Phi) is 9.12. The summed E-state index contributed by atoms with van der Waals surface area (Å²) >= 11 is 0. The molecule has 6 nitrogen and oxygen atoms in total. The summed E-state index contributed by atoms with van der Waals surface area (Å²) < 4.78 is 39.9. The topological polar surface area (TPSA) is 73.5 Å². The number of amides is 2. The maximum atomic E-state index is 13.3. The molecule has 26 heavy (non-hydrogen) atoms. The molecule has 2 rings (SSSR count). The van der Waals surface area contributed by atoms with Gasteiger partial charge in [0.25, 0.3) is 0 Å². The maximum absolute atomic E-state index is 13.3. The van der Waals surface area contributed by atoms with Crippen LogP contribution < -0.4 is 16.0 Å². The zero-order chi connectivity index (χ0) is 18.4. The highest BCUT2D eigenvalue weighted by molar-refractivity contribution is 5.88. The molecule has 0 bridgehead atoms. The van der Waals surface area contributed by atoms with Crippen LogP contribution in [0, 0.1) is 5.92 Å². The van der Waals surface area contributed by atoms with Gasteiger partial charge in [0.1, 0.15) is 12.1 Å². The van der Waals surface area contributed by atoms with Gasteiger partial charge in [-0.25, -0.2) is 0 Å². The van der Waals surface area contributed by atoms with Gasteiger partial charge in [-0.1, -0.05) is 12.8 Å². The Morgan fingerprint density at radius 2 is 1.77 bits per heavy atom. The summed E-state index contributed by atoms with van der Waals surface area (Å²) in [5.41, 5.74) is 0. The number of carbonyl (C=O) groups is 2. The third-order valence-electron chi connectivity index (χ3n) is 4.92. The summed E-state index contributed by atoms with van der Waals surface area (Å²) in [6, 6.07) is -2.55. The molecule has 0 aromatic heterocycles. The lowest BCUT2D eigenvalue weighted by Gasteiger charge is -2.36. The van der Waals surface area contributed by atoms with Crippen LogP contribution in [0.15, 0.2) is 0 Å². The van der Waals surface area contributed by atoms with Crippen LogP contribution in [0.2, 0.25) is 0 Å². The normalized spacial score (nSPS) is 21.5. The van der Waals surface area contributed by atoms with Crippen molar-refractivity contribution in [1.29, 1.82) is 0 Å². The SMILES string of the molecule is CC(NC(=O)C1CCCC1)C(=O)NCC(N1CCNCC1)C(F)(F)F.Cl. The van der Waals surface area contributed by atoms with Gasteiger partial charge in [0, 0.05) is 38.6 Å². The predicted molar refractivity (Wildman–Crippen MR) is 94.1 cm³/mol. The van der Waals surface area contributed by atoms with E-state index in [0.717, 1.165) is 25.7 Å². The first-order valence-electron chi connectivity index (χ1n) is 8.88. The van der Waals surface area contributed by atoms with Gasteiger partial charge in [-0.15, -0.1) is 12.4 Å². The van der Waals surface area contributed by atoms with Crippen LogP contribution in [0.1, 0.15) is 32.6 Å². The van der Waals surface area contributed by atoms with Crippen molar-refractivity contribution in [2.45, 2.75) is 50.9 Å². The third kappa shape index (κ3) is 6.59. The Labute approximate surface area is 158 Å². The van der Waals surface area contributed by atoms with E-state index >= 15 is 0 Å². The molecule has 1 saturated heterocycles. The number of piperazine rings is 1. The lowest BCUT2D eigenvalue weighted by Crippen LogP contribution is -2.58. The molecule has 152 valence electrons. The number of alkyl halides is 3. The number of rotatable bonds is 6. The summed E-state index contributed by atoms with van der Waals surface area (Å²) in [5, 5.41) is 7.96. The van der Waals surface area contributed by atoms with Gasteiger partial charge in [-0.3, -0.25) is 14.5 Å². The van der Waals surface area contributed by atoms with E-state index in [1.54, 1.807) is 0 Å². The van der Waals surface area contributed by atoms with E-state index in [1.165, 1.54) is 11.8 Å². The van der Waals surface area contributed by atoms with Gasteiger partial charge in [0.15, 0.2) is 0 Å². The minimum atomic E-state index is -4.42. The van der Waals surface area contributed by atoms with Crippen molar-refractivity contribution in [1.82, 2.24) is 20.9 Å². The van der Waals surface area contributed by atoms with Crippen molar-refractivity contribution in [3.63, 3.8) is 0 Å². The second kappa shape index (κ2) is 10.3. The molecule has 0 aromatic carbocycles. The van der Waals surface area contributed by atoms with Gasteiger partial charge in [0.2, 0.25) is 11.8 Å². The first-order chi connectivity index (χ1) is 11.8. The summed E-state index contributed by atoms with van der Waals surface area (Å²) in [6.45, 7) is 2.55. The molecule has 2 fully saturated rings. The van der Waals surface area contributed by atoms with E-state index in [-0.39, 0.29) is 37.3 Å². The Morgan fingerprint density at radius 1 is 1.19 bits per heavy atom. The number of hydrogen-bond acceptors (Lipinski definition) is 4. The third-order valence-corrected chi connectivity index (χ3v) is 4.92. The molecular weight excluding hydrogens is 373 g/mol. The quantitative estimate of drug-likeness (QED) is 0.623. The van der Waals surface area contributed by atoms with Crippen molar-refractivity contribution in [3.05, 3.63) is 0 Å². The second-order valence-electron chi connectivity index (χ2n) is 6.80. The molecule has 1 aliphatic carbocycles. The van der Waals surface area contributed by atoms with E-state index < -0.39 is 30.7 Å². The molecule has 0 aromatic rings. The number of halogens is 4. The van der Waals surface area contributed by atoms with Crippen molar-refractivity contribution in [2.24, 2.45) is 5.92 Å². The Morgan fingerprint density at radius 3 is 2.31 bits per heavy atom. The molecule has 1 saturated carbocycles. The fourth-order valence-electron chi connectivity index (χ4n) is 3.38. The standard InChI is InChI=1S/C16H27F3N4O2.ClH/c1-11(22-15(25)12-4-2-3-5-12)14(24)21-10-13(16(17,18)19)23-8-6-20-7-9-23;/h11-13,20H,2-10H2,1H3,(H,21,24)(H,22,25);1H. The zero-order valence-corrected chi connectivity index (χ0v) is 15.7. The average Bonchev–Trinajstić information content (AvgIpc) is 3.09. The molecular formula is C16H28ClF3N4O2. The minimum absolute atomic E-state index is 0. The van der Waals surface area contributed by atoms with Crippen LogP contribution in [0.25, 0.3) is 0 Å². The van der Waals surface area contributed by atoms with Gasteiger partial charge >= 0.3 is 6.18 Å². The van der Waals surface area contributed by atoms with Crippen LogP contribution in [0.4, 0.5) is 13.2 Å². The largest absolute Gasteiger partial charge is 0.405 e. The van der Waals surface area contributed by atoms with Crippen LogP contribution in [-0.4, -0.2) is 67.7 Å². The monoisotopic (exact) mass is 400 g/mol. The molecule has 1 aliphatic heterocycles. The maximum Gasteiger partial charge on any atom is 0.405 e. The molecule has 2 atom stereocenters. The fraction of sp³-hybridized carbons (Fsp3) is 0.875. The molecule has 2 unspecified atom stereocenters. The Hall–Kier alpha value is -1.06. The van der Waals surface area contributed by atoms with Crippen molar-refractivity contribution < 1.29 is 22.8 Å². The Bertz CT molecular complexity index is 467. The lowest BCUT2D eigenvalue weighted by molar-refractivity contribution is -0.184. The fourth-order valence-corrected chi connectivity index (χ4v) is 3.38. The summed E-state index contributed by atoms with van der Waals surface area (Å²) in [7, 11) is 0. The van der Waals surface area contributed by atoms with Crippen LogP contribution in [0.3, 0.4) is 0 Å². The predicted octanol–water partition coefficient (Wildman–Crippen LogP) is 1.06. The lowest BCUT2D eigenvalue weighted by atomic mass is 10.1. The number of hydrogen-bond donors (Lipinski definition) is 3. The van der Waals surface area contributed by atoms with E-state index in [9.17, 15) is 22.8 Å². The highest BCUT2D eigenvalue weighted by Gasteiger charge is 2.44. The molecule has 0 radical (unpaired) electrons.